The molecule has 42 heavy (non-hydrogen) atoms. The monoisotopic (exact) mass is 581 g/mol. The summed E-state index contributed by atoms with van der Waals surface area (Å²) in [6.45, 7) is 10.7. The number of carbonyl (C=O) groups excluding carboxylic acids is 3. The van der Waals surface area contributed by atoms with Crippen LogP contribution in [-0.4, -0.2) is 87.8 Å². The van der Waals surface area contributed by atoms with Gasteiger partial charge in [-0.15, -0.1) is 0 Å². The van der Waals surface area contributed by atoms with Crippen molar-refractivity contribution in [3.05, 3.63) is 53.2 Å². The molecule has 2 aliphatic rings. The van der Waals surface area contributed by atoms with Crippen LogP contribution < -0.4 is 15.4 Å². The Hall–Kier alpha value is -3.86. The van der Waals surface area contributed by atoms with Gasteiger partial charge in [0.2, 0.25) is 5.91 Å². The number of hydrogen-bond donors (Lipinski definition) is 3. The van der Waals surface area contributed by atoms with Gasteiger partial charge < -0.3 is 30.1 Å². The maximum atomic E-state index is 13.4. The number of piperidine rings is 1. The number of fused-ring (bicyclic) bond motifs is 1. The third-order valence-electron chi connectivity index (χ3n) is 7.55. The highest BCUT2D eigenvalue weighted by atomic mass is 16.6. The zero-order chi connectivity index (χ0) is 30.4. The summed E-state index contributed by atoms with van der Waals surface area (Å²) in [4.78, 5) is 46.0. The Morgan fingerprint density at radius 3 is 2.45 bits per heavy atom. The molecular formula is C31H43N5O6. The number of nitrogens with zero attached hydrogens (tertiary/aromatic N) is 3. The highest BCUT2D eigenvalue weighted by Crippen LogP contribution is 2.30. The first-order chi connectivity index (χ1) is 20.0. The zero-order valence-electron chi connectivity index (χ0n) is 25.2. The lowest BCUT2D eigenvalue weighted by molar-refractivity contribution is -0.129. The first kappa shape index (κ1) is 31.1. The van der Waals surface area contributed by atoms with Crippen molar-refractivity contribution in [2.45, 2.75) is 84.2 Å². The molecule has 0 saturated carbocycles. The molecule has 3 N–H and O–H groups in total. The Bertz CT molecular complexity index is 1270. The fourth-order valence-electron chi connectivity index (χ4n) is 5.39. The molecule has 2 aromatic rings. The average Bonchev–Trinajstić information content (AvgIpc) is 2.95. The van der Waals surface area contributed by atoms with Crippen molar-refractivity contribution < 1.29 is 29.0 Å². The molecule has 1 aromatic heterocycles. The maximum absolute atomic E-state index is 13.4. The molecule has 0 radical (unpaired) electrons. The van der Waals surface area contributed by atoms with Crippen LogP contribution in [0, 0.1) is 0 Å². The third-order valence-corrected chi connectivity index (χ3v) is 7.55. The van der Waals surface area contributed by atoms with Crippen molar-refractivity contribution in [3.63, 3.8) is 0 Å². The predicted molar refractivity (Wildman–Crippen MR) is 158 cm³/mol. The zero-order valence-corrected chi connectivity index (χ0v) is 25.2. The van der Waals surface area contributed by atoms with Gasteiger partial charge in [-0.25, -0.2) is 9.78 Å². The molecule has 0 aliphatic carbocycles. The summed E-state index contributed by atoms with van der Waals surface area (Å²) in [7, 11) is 0. The molecule has 2 aliphatic heterocycles. The van der Waals surface area contributed by atoms with Gasteiger partial charge in [0, 0.05) is 45.3 Å². The highest BCUT2D eigenvalue weighted by Gasteiger charge is 2.37. The second-order valence-electron chi connectivity index (χ2n) is 11.8. The number of amides is 3. The largest absolute Gasteiger partial charge is 0.489 e. The Labute approximate surface area is 247 Å². The summed E-state index contributed by atoms with van der Waals surface area (Å²) in [6, 6.07) is 8.89. The molecule has 4 rings (SSSR count). The van der Waals surface area contributed by atoms with Gasteiger partial charge >= 0.3 is 6.09 Å². The average molecular weight is 582 g/mol. The summed E-state index contributed by atoms with van der Waals surface area (Å²) in [5.74, 6) is 0.442. The summed E-state index contributed by atoms with van der Waals surface area (Å²) in [5, 5.41) is 17.5. The quantitative estimate of drug-likeness (QED) is 0.432. The SMILES string of the molecule is CCOc1c(C(=O)NCC(O)[C@@H]2Cc3ccccc3CN2C(=O)OC(C)(C)C)ccnc1NC1CCN(C(C)=O)CC1. The number of nitrogens with one attached hydrogen (secondary N) is 2. The van der Waals surface area contributed by atoms with E-state index in [0.717, 1.165) is 24.0 Å². The third kappa shape index (κ3) is 7.70. The molecule has 2 atom stereocenters. The molecule has 0 spiro atoms. The van der Waals surface area contributed by atoms with Gasteiger partial charge in [0.1, 0.15) is 5.60 Å². The Morgan fingerprint density at radius 2 is 1.81 bits per heavy atom. The van der Waals surface area contributed by atoms with Gasteiger partial charge in [-0.3, -0.25) is 14.5 Å². The van der Waals surface area contributed by atoms with Crippen molar-refractivity contribution >= 4 is 23.7 Å². The number of benzene rings is 1. The standard InChI is InChI=1S/C31H43N5O6/c1-6-41-27-24(11-14-32-28(27)34-23-12-15-35(16-13-23)20(2)37)29(39)33-18-26(38)25-17-21-9-7-8-10-22(21)19-36(25)30(40)42-31(3,4)5/h7-11,14,23,25-26,38H,6,12-13,15-19H2,1-5H3,(H,32,34)(H,33,39)/t25-,26?/m0/s1. The molecule has 11 nitrogen and oxygen atoms in total. The number of hydrogen-bond acceptors (Lipinski definition) is 8. The number of aromatic nitrogens is 1. The van der Waals surface area contributed by atoms with Crippen LogP contribution in [0.25, 0.3) is 0 Å². The van der Waals surface area contributed by atoms with Crippen LogP contribution >= 0.6 is 0 Å². The molecule has 1 fully saturated rings. The minimum absolute atomic E-state index is 0.0640. The van der Waals surface area contributed by atoms with E-state index in [1.807, 2.05) is 36.1 Å². The Morgan fingerprint density at radius 1 is 1.12 bits per heavy atom. The molecule has 3 amide bonds. The van der Waals surface area contributed by atoms with Crippen LogP contribution in [-0.2, 0) is 22.5 Å². The first-order valence-corrected chi connectivity index (χ1v) is 14.6. The summed E-state index contributed by atoms with van der Waals surface area (Å²) in [6.07, 6.45) is 1.94. The van der Waals surface area contributed by atoms with Crippen molar-refractivity contribution in [1.82, 2.24) is 20.1 Å². The summed E-state index contributed by atoms with van der Waals surface area (Å²) in [5.41, 5.74) is 1.65. The van der Waals surface area contributed by atoms with Gasteiger partial charge in [0.25, 0.3) is 5.91 Å². The van der Waals surface area contributed by atoms with Crippen LogP contribution in [0.5, 0.6) is 5.75 Å². The van der Waals surface area contributed by atoms with Crippen molar-refractivity contribution in [1.29, 1.82) is 0 Å². The van der Waals surface area contributed by atoms with Crippen molar-refractivity contribution in [3.8, 4) is 5.75 Å². The highest BCUT2D eigenvalue weighted by molar-refractivity contribution is 5.98. The minimum atomic E-state index is -1.05. The van der Waals surface area contributed by atoms with E-state index in [4.69, 9.17) is 9.47 Å². The van der Waals surface area contributed by atoms with E-state index in [1.165, 1.54) is 0 Å². The second kappa shape index (κ2) is 13.4. The molecule has 1 unspecified atom stereocenters. The lowest BCUT2D eigenvalue weighted by atomic mass is 9.91. The van der Waals surface area contributed by atoms with Crippen LogP contribution in [0.15, 0.2) is 36.5 Å². The lowest BCUT2D eigenvalue weighted by Crippen LogP contribution is -2.54. The van der Waals surface area contributed by atoms with E-state index in [0.29, 0.717) is 49.8 Å². The van der Waals surface area contributed by atoms with Crippen LogP contribution in [0.1, 0.15) is 68.9 Å². The van der Waals surface area contributed by atoms with E-state index in [-0.39, 0.29) is 18.5 Å². The number of carbonyl (C=O) groups is 3. The molecular weight excluding hydrogens is 538 g/mol. The number of anilines is 1. The van der Waals surface area contributed by atoms with Gasteiger partial charge in [0.15, 0.2) is 11.6 Å². The van der Waals surface area contributed by atoms with Crippen LogP contribution in [0.4, 0.5) is 10.6 Å². The van der Waals surface area contributed by atoms with Crippen molar-refractivity contribution in [2.75, 3.05) is 31.6 Å². The van der Waals surface area contributed by atoms with E-state index in [2.05, 4.69) is 15.6 Å². The minimum Gasteiger partial charge on any atom is -0.489 e. The van der Waals surface area contributed by atoms with E-state index < -0.39 is 29.7 Å². The maximum Gasteiger partial charge on any atom is 0.410 e. The number of ether oxygens (including phenoxy) is 2. The fourth-order valence-corrected chi connectivity index (χ4v) is 5.39. The first-order valence-electron chi connectivity index (χ1n) is 14.6. The van der Waals surface area contributed by atoms with Crippen LogP contribution in [0.3, 0.4) is 0 Å². The second-order valence-corrected chi connectivity index (χ2v) is 11.8. The van der Waals surface area contributed by atoms with E-state index in [9.17, 15) is 19.5 Å². The number of aliphatic hydroxyl groups excluding tert-OH is 1. The number of rotatable bonds is 8. The molecule has 11 heteroatoms. The van der Waals surface area contributed by atoms with Gasteiger partial charge in [-0.1, -0.05) is 24.3 Å². The molecule has 1 aromatic carbocycles. The van der Waals surface area contributed by atoms with Gasteiger partial charge in [-0.05, 0) is 64.2 Å². The lowest BCUT2D eigenvalue weighted by Gasteiger charge is -2.40. The molecule has 1 saturated heterocycles. The molecule has 0 bridgehead atoms. The van der Waals surface area contributed by atoms with E-state index >= 15 is 0 Å². The number of aliphatic hydroxyl groups is 1. The molecule has 228 valence electrons. The van der Waals surface area contributed by atoms with E-state index in [1.54, 1.807) is 44.9 Å². The number of pyridine rings is 1. The Balaban J connectivity index is 1.46. The van der Waals surface area contributed by atoms with Gasteiger partial charge in [0.05, 0.1) is 24.3 Å². The fraction of sp³-hybridized carbons (Fsp3) is 0.548. The smallest absolute Gasteiger partial charge is 0.410 e. The number of likely N-dealkylation sites (tertiary alicyclic amines) is 1. The Kier molecular flexibility index (Phi) is 9.93. The van der Waals surface area contributed by atoms with Gasteiger partial charge in [-0.2, -0.15) is 0 Å². The van der Waals surface area contributed by atoms with Crippen molar-refractivity contribution in [2.24, 2.45) is 0 Å². The summed E-state index contributed by atoms with van der Waals surface area (Å²) >= 11 is 0. The normalized spacial score (nSPS) is 18.1. The molecule has 3 heterocycles. The topological polar surface area (TPSA) is 133 Å². The summed E-state index contributed by atoms with van der Waals surface area (Å²) < 4.78 is 11.5. The predicted octanol–water partition coefficient (Wildman–Crippen LogP) is 3.36. The van der Waals surface area contributed by atoms with Crippen LogP contribution in [0.2, 0.25) is 0 Å².